The minimum atomic E-state index is -0.831. The number of quaternary nitrogens is 1. The molecule has 0 atom stereocenters. The number of carbonyl (C=O) groups is 2. The maximum atomic E-state index is 11.6. The molecule has 0 aliphatic carbocycles. The van der Waals surface area contributed by atoms with Gasteiger partial charge in [-0.1, -0.05) is 0 Å². The molecule has 1 amide bonds. The van der Waals surface area contributed by atoms with E-state index >= 15 is 0 Å². The Morgan fingerprint density at radius 2 is 1.74 bits per heavy atom. The van der Waals surface area contributed by atoms with E-state index in [9.17, 15) is 9.59 Å². The molecule has 19 heavy (non-hydrogen) atoms. The molecule has 3 aliphatic rings. The monoisotopic (exact) mass is 269 g/mol. The molecule has 2 bridgehead atoms. The Morgan fingerprint density at radius 1 is 1.11 bits per heavy atom. The highest BCUT2D eigenvalue weighted by Gasteiger charge is 2.39. The average molecular weight is 269 g/mol. The second kappa shape index (κ2) is 6.37. The van der Waals surface area contributed by atoms with E-state index in [4.69, 9.17) is 5.11 Å². The van der Waals surface area contributed by atoms with Gasteiger partial charge in [0.15, 0.2) is 0 Å². The normalized spacial score (nSPS) is 29.2. The van der Waals surface area contributed by atoms with Gasteiger partial charge in [-0.15, -0.1) is 0 Å². The number of aliphatic carboxylic acids is 1. The predicted molar refractivity (Wildman–Crippen MR) is 71.6 cm³/mol. The van der Waals surface area contributed by atoms with Gasteiger partial charge in [-0.2, -0.15) is 0 Å². The van der Waals surface area contributed by atoms with Crippen molar-refractivity contribution in [3.05, 3.63) is 0 Å². The SMILES string of the molecule is O=C(O)CCCC(=O)NCC[N+]12CCC(CC1)CC2. The van der Waals surface area contributed by atoms with Crippen molar-refractivity contribution in [3.8, 4) is 0 Å². The average Bonchev–Trinajstić information content (AvgIpc) is 2.40. The van der Waals surface area contributed by atoms with Crippen LogP contribution in [-0.4, -0.2) is 54.2 Å². The van der Waals surface area contributed by atoms with Crippen LogP contribution in [0.25, 0.3) is 0 Å². The highest BCUT2D eigenvalue weighted by Crippen LogP contribution is 2.32. The number of piperidine rings is 3. The molecule has 3 saturated heterocycles. The number of hydrogen-bond acceptors (Lipinski definition) is 2. The molecule has 0 unspecified atom stereocenters. The van der Waals surface area contributed by atoms with Gasteiger partial charge in [-0.05, 0) is 31.6 Å². The maximum absolute atomic E-state index is 11.6. The van der Waals surface area contributed by atoms with Gasteiger partial charge < -0.3 is 14.9 Å². The molecular weight excluding hydrogens is 244 g/mol. The smallest absolute Gasteiger partial charge is 0.303 e. The Bertz CT molecular complexity index is 322. The molecule has 5 heteroatoms. The third-order valence-corrected chi connectivity index (χ3v) is 4.74. The summed E-state index contributed by atoms with van der Waals surface area (Å²) in [5.41, 5.74) is 0. The van der Waals surface area contributed by atoms with Gasteiger partial charge in [0.2, 0.25) is 5.91 Å². The zero-order valence-corrected chi connectivity index (χ0v) is 11.6. The summed E-state index contributed by atoms with van der Waals surface area (Å²) in [6, 6.07) is 0. The van der Waals surface area contributed by atoms with Crippen molar-refractivity contribution in [1.82, 2.24) is 5.32 Å². The van der Waals surface area contributed by atoms with Gasteiger partial charge in [0.1, 0.15) is 0 Å². The van der Waals surface area contributed by atoms with E-state index in [1.165, 1.54) is 43.4 Å². The van der Waals surface area contributed by atoms with Crippen LogP contribution in [0, 0.1) is 5.92 Å². The van der Waals surface area contributed by atoms with Crippen LogP contribution >= 0.6 is 0 Å². The molecule has 0 aromatic carbocycles. The molecule has 3 heterocycles. The first kappa shape index (κ1) is 14.3. The van der Waals surface area contributed by atoms with Crippen LogP contribution in [-0.2, 0) is 9.59 Å². The number of carboxylic acids is 1. The highest BCUT2D eigenvalue weighted by atomic mass is 16.4. The van der Waals surface area contributed by atoms with E-state index in [1.807, 2.05) is 0 Å². The molecule has 0 spiro atoms. The maximum Gasteiger partial charge on any atom is 0.303 e. The number of nitrogens with one attached hydrogen (secondary N) is 1. The number of rotatable bonds is 7. The third-order valence-electron chi connectivity index (χ3n) is 4.74. The second-order valence-corrected chi connectivity index (χ2v) is 6.07. The summed E-state index contributed by atoms with van der Waals surface area (Å²) in [6.45, 7) is 5.60. The zero-order chi connectivity index (χ0) is 13.7. The topological polar surface area (TPSA) is 66.4 Å². The summed E-state index contributed by atoms with van der Waals surface area (Å²) in [5.74, 6) is 0.124. The molecule has 108 valence electrons. The lowest BCUT2D eigenvalue weighted by Crippen LogP contribution is -2.60. The fourth-order valence-electron chi connectivity index (χ4n) is 3.39. The van der Waals surface area contributed by atoms with Gasteiger partial charge in [0.25, 0.3) is 0 Å². The van der Waals surface area contributed by atoms with Crippen LogP contribution in [0.1, 0.15) is 38.5 Å². The van der Waals surface area contributed by atoms with Crippen molar-refractivity contribution >= 4 is 11.9 Å². The molecule has 3 rings (SSSR count). The summed E-state index contributed by atoms with van der Waals surface area (Å²) in [4.78, 5) is 21.9. The quantitative estimate of drug-likeness (QED) is 0.677. The van der Waals surface area contributed by atoms with Crippen molar-refractivity contribution < 1.29 is 19.2 Å². The van der Waals surface area contributed by atoms with Crippen molar-refractivity contribution in [1.29, 1.82) is 0 Å². The zero-order valence-electron chi connectivity index (χ0n) is 11.6. The molecule has 5 nitrogen and oxygen atoms in total. The third kappa shape index (κ3) is 4.20. The molecule has 0 aromatic rings. The van der Waals surface area contributed by atoms with Crippen LogP contribution in [0.4, 0.5) is 0 Å². The summed E-state index contributed by atoms with van der Waals surface area (Å²) < 4.78 is 1.19. The van der Waals surface area contributed by atoms with Crippen LogP contribution in [0.5, 0.6) is 0 Å². The molecule has 3 fully saturated rings. The summed E-state index contributed by atoms with van der Waals surface area (Å²) in [7, 11) is 0. The Morgan fingerprint density at radius 3 is 2.32 bits per heavy atom. The second-order valence-electron chi connectivity index (χ2n) is 6.07. The Labute approximate surface area is 114 Å². The van der Waals surface area contributed by atoms with Crippen LogP contribution in [0.2, 0.25) is 0 Å². The molecule has 0 radical (unpaired) electrons. The Kier molecular flexibility index (Phi) is 4.80. The van der Waals surface area contributed by atoms with Gasteiger partial charge in [0, 0.05) is 12.8 Å². The molecule has 0 aromatic heterocycles. The number of carbonyl (C=O) groups excluding carboxylic acids is 1. The van der Waals surface area contributed by atoms with Gasteiger partial charge in [-0.25, -0.2) is 0 Å². The fraction of sp³-hybridized carbons (Fsp3) is 0.857. The van der Waals surface area contributed by atoms with E-state index in [2.05, 4.69) is 5.32 Å². The van der Waals surface area contributed by atoms with Crippen LogP contribution in [0.3, 0.4) is 0 Å². The van der Waals surface area contributed by atoms with E-state index < -0.39 is 5.97 Å². The van der Waals surface area contributed by atoms with E-state index in [-0.39, 0.29) is 12.3 Å². The Balaban J connectivity index is 1.60. The minimum Gasteiger partial charge on any atom is -0.481 e. The summed E-state index contributed by atoms with van der Waals surface area (Å²) in [5, 5.41) is 11.4. The number of hydrogen-bond donors (Lipinski definition) is 2. The van der Waals surface area contributed by atoms with E-state index in [0.717, 1.165) is 19.0 Å². The predicted octanol–water partition coefficient (Wildman–Crippen LogP) is 0.988. The number of amides is 1. The van der Waals surface area contributed by atoms with Gasteiger partial charge in [-0.3, -0.25) is 9.59 Å². The molecule has 2 N–H and O–H groups in total. The van der Waals surface area contributed by atoms with E-state index in [0.29, 0.717) is 12.8 Å². The minimum absolute atomic E-state index is 0.00801. The Hall–Kier alpha value is -1.10. The lowest BCUT2D eigenvalue weighted by Gasteiger charge is -2.49. The van der Waals surface area contributed by atoms with E-state index in [1.54, 1.807) is 0 Å². The molecule has 0 saturated carbocycles. The number of nitrogens with zero attached hydrogens (tertiary/aromatic N) is 1. The first-order chi connectivity index (χ1) is 9.10. The summed E-state index contributed by atoms with van der Waals surface area (Å²) in [6.07, 6.45) is 4.90. The van der Waals surface area contributed by atoms with Crippen molar-refractivity contribution in [3.63, 3.8) is 0 Å². The largest absolute Gasteiger partial charge is 0.481 e. The highest BCUT2D eigenvalue weighted by molar-refractivity contribution is 5.76. The lowest BCUT2D eigenvalue weighted by molar-refractivity contribution is -0.941. The van der Waals surface area contributed by atoms with Crippen LogP contribution < -0.4 is 5.32 Å². The van der Waals surface area contributed by atoms with Gasteiger partial charge >= 0.3 is 5.97 Å². The van der Waals surface area contributed by atoms with Gasteiger partial charge in [0.05, 0.1) is 32.7 Å². The standard InChI is InChI=1S/C14H24N2O3/c17-13(2-1-3-14(18)19)15-7-11-16-8-4-12(5-9-16)6-10-16/h12H,1-11H2,(H-,15,17,18,19)/p+1. The first-order valence-corrected chi connectivity index (χ1v) is 7.43. The summed E-state index contributed by atoms with van der Waals surface area (Å²) >= 11 is 0. The fourth-order valence-corrected chi connectivity index (χ4v) is 3.39. The molecular formula is C14H25N2O3+. The molecule has 3 aliphatic heterocycles. The van der Waals surface area contributed by atoms with Crippen molar-refractivity contribution in [2.45, 2.75) is 38.5 Å². The lowest BCUT2D eigenvalue weighted by atomic mass is 9.86. The first-order valence-electron chi connectivity index (χ1n) is 7.43. The van der Waals surface area contributed by atoms with Crippen molar-refractivity contribution in [2.75, 3.05) is 32.7 Å². The number of carboxylic acid groups (broad SMARTS) is 1. The van der Waals surface area contributed by atoms with Crippen LogP contribution in [0.15, 0.2) is 0 Å². The number of fused-ring (bicyclic) bond motifs is 3. The van der Waals surface area contributed by atoms with Crippen molar-refractivity contribution in [2.24, 2.45) is 5.92 Å².